The number of nitrogens with one attached hydrogen (secondary N) is 1. The van der Waals surface area contributed by atoms with Crippen LogP contribution in [-0.2, 0) is 20.9 Å². The number of fused-ring (bicyclic) bond motifs is 1. The SMILES string of the molecule is O=C(NC1N=C(c2ccccc2)c2ccccc2N(CC(=O)C2CCCCC2)C1=O)OCc1ccccc1. The Hall–Kier alpha value is -4.26. The molecule has 5 rings (SSSR count). The number of ether oxygens (including phenoxy) is 1. The van der Waals surface area contributed by atoms with Crippen LogP contribution in [0.5, 0.6) is 0 Å². The number of ketones is 1. The molecular formula is C31H31N3O4. The van der Waals surface area contributed by atoms with E-state index >= 15 is 0 Å². The molecule has 1 unspecified atom stereocenters. The Morgan fingerprint density at radius 1 is 0.868 bits per heavy atom. The zero-order valence-corrected chi connectivity index (χ0v) is 21.2. The van der Waals surface area contributed by atoms with Gasteiger partial charge in [-0.25, -0.2) is 9.79 Å². The minimum atomic E-state index is -1.25. The number of anilines is 1. The van der Waals surface area contributed by atoms with Gasteiger partial charge in [-0.05, 0) is 24.5 Å². The second kappa shape index (κ2) is 11.9. The second-order valence-electron chi connectivity index (χ2n) is 9.70. The molecule has 3 aromatic rings. The Kier molecular flexibility index (Phi) is 7.92. The van der Waals surface area contributed by atoms with E-state index in [4.69, 9.17) is 9.73 Å². The Balaban J connectivity index is 1.46. The smallest absolute Gasteiger partial charge is 0.409 e. The average molecular weight is 510 g/mol. The van der Waals surface area contributed by atoms with Crippen molar-refractivity contribution >= 4 is 29.2 Å². The molecule has 2 aliphatic rings. The highest BCUT2D eigenvalue weighted by Gasteiger charge is 2.35. The number of benzodiazepines with no additional fused rings is 1. The van der Waals surface area contributed by atoms with E-state index in [1.165, 1.54) is 4.90 Å². The molecule has 0 bridgehead atoms. The van der Waals surface area contributed by atoms with Crippen LogP contribution in [0, 0.1) is 5.92 Å². The number of para-hydroxylation sites is 1. The van der Waals surface area contributed by atoms with Crippen LogP contribution >= 0.6 is 0 Å². The number of rotatable bonds is 7. The number of amides is 2. The molecule has 3 aromatic carbocycles. The van der Waals surface area contributed by atoms with E-state index in [0.29, 0.717) is 11.4 Å². The van der Waals surface area contributed by atoms with Gasteiger partial charge < -0.3 is 9.64 Å². The van der Waals surface area contributed by atoms with Gasteiger partial charge in [0.25, 0.3) is 5.91 Å². The molecule has 194 valence electrons. The van der Waals surface area contributed by atoms with Gasteiger partial charge in [-0.1, -0.05) is 98.1 Å². The third-order valence-corrected chi connectivity index (χ3v) is 7.10. The van der Waals surface area contributed by atoms with Crippen LogP contribution in [0.2, 0.25) is 0 Å². The van der Waals surface area contributed by atoms with Crippen molar-refractivity contribution in [3.63, 3.8) is 0 Å². The largest absolute Gasteiger partial charge is 0.445 e. The van der Waals surface area contributed by atoms with Crippen molar-refractivity contribution in [1.29, 1.82) is 0 Å². The van der Waals surface area contributed by atoms with E-state index in [0.717, 1.165) is 48.8 Å². The quantitative estimate of drug-likeness (QED) is 0.470. The highest BCUT2D eigenvalue weighted by molar-refractivity contribution is 6.21. The van der Waals surface area contributed by atoms with Crippen LogP contribution in [0.1, 0.15) is 48.8 Å². The lowest BCUT2D eigenvalue weighted by Gasteiger charge is -2.28. The highest BCUT2D eigenvalue weighted by Crippen LogP contribution is 2.30. The van der Waals surface area contributed by atoms with Gasteiger partial charge in [0.15, 0.2) is 5.78 Å². The summed E-state index contributed by atoms with van der Waals surface area (Å²) < 4.78 is 5.39. The van der Waals surface area contributed by atoms with Crippen molar-refractivity contribution in [2.75, 3.05) is 11.4 Å². The summed E-state index contributed by atoms with van der Waals surface area (Å²) in [5.74, 6) is -0.477. The predicted molar refractivity (Wildman–Crippen MR) is 146 cm³/mol. The third kappa shape index (κ3) is 5.83. The van der Waals surface area contributed by atoms with E-state index in [1.54, 1.807) is 0 Å². The Morgan fingerprint density at radius 3 is 2.26 bits per heavy atom. The molecule has 0 aromatic heterocycles. The number of hydrogen-bond acceptors (Lipinski definition) is 5. The number of carbonyl (C=O) groups excluding carboxylic acids is 3. The first-order valence-corrected chi connectivity index (χ1v) is 13.1. The number of carbonyl (C=O) groups is 3. The normalized spacial score (nSPS) is 17.7. The lowest BCUT2D eigenvalue weighted by molar-refractivity contribution is -0.126. The molecule has 1 fully saturated rings. The second-order valence-corrected chi connectivity index (χ2v) is 9.70. The summed E-state index contributed by atoms with van der Waals surface area (Å²) in [5, 5.41) is 2.65. The molecule has 0 radical (unpaired) electrons. The van der Waals surface area contributed by atoms with E-state index in [9.17, 15) is 14.4 Å². The van der Waals surface area contributed by atoms with Gasteiger partial charge in [-0.3, -0.25) is 14.9 Å². The Labute approximate surface area is 222 Å². The molecule has 1 atom stereocenters. The molecule has 7 nitrogen and oxygen atoms in total. The summed E-state index contributed by atoms with van der Waals surface area (Å²) in [6, 6.07) is 26.3. The zero-order chi connectivity index (χ0) is 26.3. The zero-order valence-electron chi connectivity index (χ0n) is 21.2. The van der Waals surface area contributed by atoms with Crippen molar-refractivity contribution in [3.05, 3.63) is 102 Å². The van der Waals surface area contributed by atoms with Gasteiger partial charge in [0.2, 0.25) is 6.17 Å². The number of aliphatic imine (C=N–C) groups is 1. The van der Waals surface area contributed by atoms with Gasteiger partial charge >= 0.3 is 6.09 Å². The topological polar surface area (TPSA) is 88.1 Å². The summed E-state index contributed by atoms with van der Waals surface area (Å²) in [4.78, 5) is 46.2. The number of hydrogen-bond donors (Lipinski definition) is 1. The summed E-state index contributed by atoms with van der Waals surface area (Å²) >= 11 is 0. The molecule has 0 spiro atoms. The minimum Gasteiger partial charge on any atom is -0.445 e. The van der Waals surface area contributed by atoms with Crippen molar-refractivity contribution in [2.45, 2.75) is 44.9 Å². The van der Waals surface area contributed by atoms with Crippen LogP contribution < -0.4 is 10.2 Å². The van der Waals surface area contributed by atoms with Gasteiger partial charge in [-0.2, -0.15) is 0 Å². The summed E-state index contributed by atoms with van der Waals surface area (Å²) in [6.07, 6.45) is 2.89. The summed E-state index contributed by atoms with van der Waals surface area (Å²) in [5.41, 5.74) is 3.53. The fraction of sp³-hybridized carbons (Fsp3) is 0.290. The number of alkyl carbamates (subject to hydrolysis) is 1. The van der Waals surface area contributed by atoms with E-state index in [2.05, 4.69) is 5.32 Å². The monoisotopic (exact) mass is 509 g/mol. The van der Waals surface area contributed by atoms with Crippen molar-refractivity contribution in [1.82, 2.24) is 5.32 Å². The predicted octanol–water partition coefficient (Wildman–Crippen LogP) is 5.27. The Morgan fingerprint density at radius 2 is 1.53 bits per heavy atom. The molecule has 0 saturated heterocycles. The van der Waals surface area contributed by atoms with Gasteiger partial charge in [0.1, 0.15) is 6.61 Å². The third-order valence-electron chi connectivity index (χ3n) is 7.10. The average Bonchev–Trinajstić information content (AvgIpc) is 3.08. The van der Waals surface area contributed by atoms with Crippen molar-refractivity contribution in [2.24, 2.45) is 10.9 Å². The van der Waals surface area contributed by atoms with Crippen LogP contribution in [0.15, 0.2) is 89.9 Å². The molecule has 2 amide bonds. The molecule has 1 saturated carbocycles. The first-order valence-electron chi connectivity index (χ1n) is 13.1. The van der Waals surface area contributed by atoms with Gasteiger partial charge in [0.05, 0.1) is 17.9 Å². The van der Waals surface area contributed by atoms with Crippen LogP contribution in [-0.4, -0.2) is 36.2 Å². The standard InChI is InChI=1S/C31H31N3O4/c35-27(23-14-6-2-7-15-23)20-34-26-19-11-10-18-25(26)28(24-16-8-3-9-17-24)32-29(30(34)36)33-31(37)38-21-22-12-4-1-5-13-22/h1,3-5,8-13,16-19,23,29H,2,6-7,14-15,20-21H2,(H,33,37). The maximum Gasteiger partial charge on any atom is 0.409 e. The van der Waals surface area contributed by atoms with Crippen LogP contribution in [0.25, 0.3) is 0 Å². The molecule has 1 aliphatic heterocycles. The minimum absolute atomic E-state index is 0.0430. The highest BCUT2D eigenvalue weighted by atomic mass is 16.5. The first kappa shape index (κ1) is 25.4. The lowest BCUT2D eigenvalue weighted by Crippen LogP contribution is -2.49. The Bertz CT molecular complexity index is 1320. The first-order chi connectivity index (χ1) is 18.6. The molecule has 7 heteroatoms. The molecular weight excluding hydrogens is 478 g/mol. The van der Waals surface area contributed by atoms with Gasteiger partial charge in [-0.15, -0.1) is 0 Å². The van der Waals surface area contributed by atoms with Gasteiger partial charge in [0, 0.05) is 17.0 Å². The van der Waals surface area contributed by atoms with Crippen LogP contribution in [0.4, 0.5) is 10.5 Å². The fourth-order valence-corrected chi connectivity index (χ4v) is 5.10. The molecule has 38 heavy (non-hydrogen) atoms. The van der Waals surface area contributed by atoms with Crippen molar-refractivity contribution < 1.29 is 19.1 Å². The fourth-order valence-electron chi connectivity index (χ4n) is 5.10. The molecule has 1 heterocycles. The molecule has 1 aliphatic carbocycles. The number of Topliss-reactive ketones (excluding diaryl/α,β-unsaturated/α-hetero) is 1. The van der Waals surface area contributed by atoms with Crippen molar-refractivity contribution in [3.8, 4) is 0 Å². The maximum absolute atomic E-state index is 13.9. The van der Waals surface area contributed by atoms with E-state index < -0.39 is 18.2 Å². The van der Waals surface area contributed by atoms with Crippen LogP contribution in [0.3, 0.4) is 0 Å². The molecule has 1 N–H and O–H groups in total. The summed E-state index contributed by atoms with van der Waals surface area (Å²) in [7, 11) is 0. The van der Waals surface area contributed by atoms with E-state index in [1.807, 2.05) is 84.9 Å². The number of nitrogens with zero attached hydrogens (tertiary/aromatic N) is 2. The maximum atomic E-state index is 13.9. The lowest BCUT2D eigenvalue weighted by atomic mass is 9.86. The van der Waals surface area contributed by atoms with E-state index in [-0.39, 0.29) is 24.9 Å². The summed E-state index contributed by atoms with van der Waals surface area (Å²) in [6.45, 7) is 0.00227. The number of benzene rings is 3.